The molecule has 1 heterocycles. The van der Waals surface area contributed by atoms with Crippen molar-refractivity contribution in [2.75, 3.05) is 44.8 Å². The second-order valence-electron chi connectivity index (χ2n) is 5.60. The van der Waals surface area contributed by atoms with E-state index in [0.29, 0.717) is 13.1 Å². The van der Waals surface area contributed by atoms with Crippen molar-refractivity contribution in [3.63, 3.8) is 0 Å². The second-order valence-corrected chi connectivity index (χ2v) is 5.60. The number of ether oxygens (including phenoxy) is 1. The molecule has 5 nitrogen and oxygen atoms in total. The molecule has 0 spiro atoms. The molecule has 1 amide bonds. The van der Waals surface area contributed by atoms with E-state index in [1.54, 1.807) is 4.90 Å². The number of benzene rings is 1. The molecule has 1 atom stereocenters. The van der Waals surface area contributed by atoms with E-state index in [1.807, 2.05) is 14.0 Å². The third-order valence-electron chi connectivity index (χ3n) is 3.88. The second kappa shape index (κ2) is 7.43. The molecule has 0 aromatic heterocycles. The number of carbonyl (C=O) groups is 1. The van der Waals surface area contributed by atoms with Crippen LogP contribution >= 0.6 is 0 Å². The van der Waals surface area contributed by atoms with E-state index >= 15 is 0 Å². The summed E-state index contributed by atoms with van der Waals surface area (Å²) in [7, 11) is 1.82. The first kappa shape index (κ1) is 15.8. The van der Waals surface area contributed by atoms with Crippen molar-refractivity contribution in [3.05, 3.63) is 29.8 Å². The van der Waals surface area contributed by atoms with Gasteiger partial charge in [0.15, 0.2) is 0 Å². The summed E-state index contributed by atoms with van der Waals surface area (Å²) in [5, 5.41) is 0. The number of anilines is 1. The third kappa shape index (κ3) is 4.19. The summed E-state index contributed by atoms with van der Waals surface area (Å²) in [6.45, 7) is 6.31. The Kier molecular flexibility index (Phi) is 5.59. The average molecular weight is 291 g/mol. The molecule has 1 aliphatic rings. The lowest BCUT2D eigenvalue weighted by Gasteiger charge is -2.29. The van der Waals surface area contributed by atoms with Crippen LogP contribution in [-0.4, -0.2) is 50.7 Å². The van der Waals surface area contributed by atoms with Crippen molar-refractivity contribution in [2.45, 2.75) is 13.5 Å². The minimum atomic E-state index is -0.123. The Bertz CT molecular complexity index is 455. The van der Waals surface area contributed by atoms with Gasteiger partial charge >= 0.3 is 0 Å². The molecule has 1 aromatic carbocycles. The molecule has 1 fully saturated rings. The summed E-state index contributed by atoms with van der Waals surface area (Å²) >= 11 is 0. The van der Waals surface area contributed by atoms with Crippen molar-refractivity contribution in [1.82, 2.24) is 4.90 Å². The average Bonchev–Trinajstić information content (AvgIpc) is 2.54. The molecule has 2 N–H and O–H groups in total. The number of amides is 1. The van der Waals surface area contributed by atoms with Crippen molar-refractivity contribution in [2.24, 2.45) is 11.7 Å². The fraction of sp³-hybridized carbons (Fsp3) is 0.562. The summed E-state index contributed by atoms with van der Waals surface area (Å²) in [6, 6.07) is 8.40. The number of hydrogen-bond acceptors (Lipinski definition) is 4. The highest BCUT2D eigenvalue weighted by Crippen LogP contribution is 2.17. The SMILES string of the molecule is CC(CN)C(=O)N(C)Cc1ccc(N2CCOCC2)cc1. The minimum Gasteiger partial charge on any atom is -0.378 e. The molecule has 5 heteroatoms. The summed E-state index contributed by atoms with van der Waals surface area (Å²) in [5.74, 6) is -0.0302. The van der Waals surface area contributed by atoms with Crippen LogP contribution in [0.2, 0.25) is 0 Å². The van der Waals surface area contributed by atoms with Gasteiger partial charge in [-0.05, 0) is 17.7 Å². The van der Waals surface area contributed by atoms with E-state index in [0.717, 1.165) is 31.9 Å². The lowest BCUT2D eigenvalue weighted by molar-refractivity contribution is -0.133. The van der Waals surface area contributed by atoms with Crippen LogP contribution < -0.4 is 10.6 Å². The molecule has 1 saturated heterocycles. The summed E-state index contributed by atoms with van der Waals surface area (Å²) in [6.07, 6.45) is 0. The molecule has 1 unspecified atom stereocenters. The van der Waals surface area contributed by atoms with Crippen LogP contribution in [-0.2, 0) is 16.1 Å². The molecule has 116 valence electrons. The van der Waals surface area contributed by atoms with Crippen LogP contribution in [0.4, 0.5) is 5.69 Å². The van der Waals surface area contributed by atoms with E-state index in [1.165, 1.54) is 5.69 Å². The maximum absolute atomic E-state index is 12.0. The van der Waals surface area contributed by atoms with E-state index < -0.39 is 0 Å². The molecule has 0 aliphatic carbocycles. The Morgan fingerprint density at radius 2 is 1.95 bits per heavy atom. The van der Waals surface area contributed by atoms with Gasteiger partial charge in [-0.3, -0.25) is 4.79 Å². The van der Waals surface area contributed by atoms with Crippen LogP contribution in [0, 0.1) is 5.92 Å². The molecule has 0 bridgehead atoms. The summed E-state index contributed by atoms with van der Waals surface area (Å²) in [5.41, 5.74) is 7.89. The Morgan fingerprint density at radius 1 is 1.33 bits per heavy atom. The zero-order chi connectivity index (χ0) is 15.2. The number of hydrogen-bond donors (Lipinski definition) is 1. The van der Waals surface area contributed by atoms with E-state index in [-0.39, 0.29) is 11.8 Å². The first-order chi connectivity index (χ1) is 10.1. The molecule has 0 radical (unpaired) electrons. The molecule has 1 aliphatic heterocycles. The van der Waals surface area contributed by atoms with E-state index in [2.05, 4.69) is 29.2 Å². The number of morpholine rings is 1. The first-order valence-electron chi connectivity index (χ1n) is 7.48. The Hall–Kier alpha value is -1.59. The van der Waals surface area contributed by atoms with Crippen molar-refractivity contribution in [3.8, 4) is 0 Å². The van der Waals surface area contributed by atoms with Gasteiger partial charge in [0.05, 0.1) is 13.2 Å². The highest BCUT2D eigenvalue weighted by molar-refractivity contribution is 5.78. The van der Waals surface area contributed by atoms with Gasteiger partial charge in [0.25, 0.3) is 0 Å². The lowest BCUT2D eigenvalue weighted by Crippen LogP contribution is -2.36. The Labute approximate surface area is 126 Å². The fourth-order valence-corrected chi connectivity index (χ4v) is 2.46. The van der Waals surface area contributed by atoms with Crippen molar-refractivity contribution in [1.29, 1.82) is 0 Å². The van der Waals surface area contributed by atoms with Crippen molar-refractivity contribution >= 4 is 11.6 Å². The van der Waals surface area contributed by atoms with Gasteiger partial charge in [-0.2, -0.15) is 0 Å². The topological polar surface area (TPSA) is 58.8 Å². The van der Waals surface area contributed by atoms with Crippen LogP contribution in [0.5, 0.6) is 0 Å². The molecule has 2 rings (SSSR count). The van der Waals surface area contributed by atoms with Crippen LogP contribution in [0.3, 0.4) is 0 Å². The maximum atomic E-state index is 12.0. The largest absolute Gasteiger partial charge is 0.378 e. The zero-order valence-corrected chi connectivity index (χ0v) is 12.9. The van der Waals surface area contributed by atoms with Gasteiger partial charge in [0.1, 0.15) is 0 Å². The highest BCUT2D eigenvalue weighted by atomic mass is 16.5. The number of nitrogens with two attached hydrogens (primary N) is 1. The smallest absolute Gasteiger partial charge is 0.226 e. The molecule has 21 heavy (non-hydrogen) atoms. The third-order valence-corrected chi connectivity index (χ3v) is 3.88. The van der Waals surface area contributed by atoms with Gasteiger partial charge < -0.3 is 20.3 Å². The molecule has 0 saturated carbocycles. The Morgan fingerprint density at radius 3 is 2.52 bits per heavy atom. The number of carbonyl (C=O) groups excluding carboxylic acids is 1. The molecular formula is C16H25N3O2. The fourth-order valence-electron chi connectivity index (χ4n) is 2.46. The zero-order valence-electron chi connectivity index (χ0n) is 12.9. The standard InChI is InChI=1S/C16H25N3O2/c1-13(11-17)16(20)18(2)12-14-3-5-15(6-4-14)19-7-9-21-10-8-19/h3-6,13H,7-12,17H2,1-2H3. The van der Waals surface area contributed by atoms with Crippen LogP contribution in [0.1, 0.15) is 12.5 Å². The lowest BCUT2D eigenvalue weighted by atomic mass is 10.1. The number of rotatable bonds is 5. The van der Waals surface area contributed by atoms with Gasteiger partial charge in [-0.1, -0.05) is 19.1 Å². The minimum absolute atomic E-state index is 0.0924. The van der Waals surface area contributed by atoms with Gasteiger partial charge in [0.2, 0.25) is 5.91 Å². The number of nitrogens with zero attached hydrogens (tertiary/aromatic N) is 2. The van der Waals surface area contributed by atoms with E-state index in [9.17, 15) is 4.79 Å². The monoisotopic (exact) mass is 291 g/mol. The maximum Gasteiger partial charge on any atom is 0.226 e. The first-order valence-corrected chi connectivity index (χ1v) is 7.48. The van der Waals surface area contributed by atoms with E-state index in [4.69, 9.17) is 10.5 Å². The van der Waals surface area contributed by atoms with Crippen LogP contribution in [0.25, 0.3) is 0 Å². The van der Waals surface area contributed by atoms with Gasteiger partial charge in [-0.25, -0.2) is 0 Å². The van der Waals surface area contributed by atoms with Gasteiger partial charge in [-0.15, -0.1) is 0 Å². The summed E-state index contributed by atoms with van der Waals surface area (Å²) in [4.78, 5) is 16.1. The molecule has 1 aromatic rings. The Balaban J connectivity index is 1.94. The van der Waals surface area contributed by atoms with Crippen molar-refractivity contribution < 1.29 is 9.53 Å². The van der Waals surface area contributed by atoms with Crippen LogP contribution in [0.15, 0.2) is 24.3 Å². The highest BCUT2D eigenvalue weighted by Gasteiger charge is 2.16. The predicted octanol–water partition coefficient (Wildman–Crippen LogP) is 1.08. The summed E-state index contributed by atoms with van der Waals surface area (Å²) < 4.78 is 5.36. The normalized spacial score (nSPS) is 16.6. The predicted molar refractivity (Wildman–Crippen MR) is 84.2 cm³/mol. The quantitative estimate of drug-likeness (QED) is 0.882. The molecular weight excluding hydrogens is 266 g/mol. The van der Waals surface area contributed by atoms with Gasteiger partial charge in [0, 0.05) is 44.8 Å².